The number of fused-ring (bicyclic) bond motifs is 1. The van der Waals surface area contributed by atoms with E-state index < -0.39 is 0 Å². The number of likely N-dealkylation sites (N-methyl/N-ethyl adjacent to an activating group) is 1. The van der Waals surface area contributed by atoms with Crippen molar-refractivity contribution in [3.05, 3.63) is 83.3 Å². The zero-order valence-corrected chi connectivity index (χ0v) is 21.3. The summed E-state index contributed by atoms with van der Waals surface area (Å²) in [6, 6.07) is 17.0. The van der Waals surface area contributed by atoms with Gasteiger partial charge in [-0.15, -0.1) is 0 Å². The van der Waals surface area contributed by atoms with Crippen molar-refractivity contribution >= 4 is 5.91 Å². The molecule has 0 aliphatic carbocycles. The highest BCUT2D eigenvalue weighted by Gasteiger charge is 2.34. The van der Waals surface area contributed by atoms with Crippen LogP contribution in [0.15, 0.2) is 60.8 Å². The van der Waals surface area contributed by atoms with E-state index in [4.69, 9.17) is 4.74 Å². The number of aliphatic hydroxyl groups is 1. The second-order valence-corrected chi connectivity index (χ2v) is 9.72. The van der Waals surface area contributed by atoms with Crippen LogP contribution in [0.1, 0.15) is 35.3 Å². The van der Waals surface area contributed by atoms with Gasteiger partial charge in [0.05, 0.1) is 24.3 Å². The first-order valence-corrected chi connectivity index (χ1v) is 12.3. The van der Waals surface area contributed by atoms with Crippen LogP contribution in [0.4, 0.5) is 4.39 Å². The number of halogens is 1. The number of carbonyl (C=O) groups excluding carboxylic acids is 1. The van der Waals surface area contributed by atoms with Crippen LogP contribution < -0.4 is 4.74 Å². The zero-order chi connectivity index (χ0) is 26.5. The molecule has 2 heterocycles. The quantitative estimate of drug-likeness (QED) is 0.523. The van der Waals surface area contributed by atoms with E-state index in [0.29, 0.717) is 36.3 Å². The molecule has 37 heavy (non-hydrogen) atoms. The lowest BCUT2D eigenvalue weighted by molar-refractivity contribution is 0.0325. The summed E-state index contributed by atoms with van der Waals surface area (Å²) in [6.45, 7) is 5.24. The topological polar surface area (TPSA) is 89.7 Å². The molecule has 7 nitrogen and oxygen atoms in total. The first kappa shape index (κ1) is 26.3. The highest BCUT2D eigenvalue weighted by atomic mass is 19.1. The van der Waals surface area contributed by atoms with Crippen LogP contribution in [0.2, 0.25) is 0 Å². The molecule has 0 saturated heterocycles. The lowest BCUT2D eigenvalue weighted by Gasteiger charge is -2.37. The van der Waals surface area contributed by atoms with Gasteiger partial charge < -0.3 is 14.7 Å². The average molecular weight is 503 g/mol. The minimum atomic E-state index is -0.385. The molecule has 0 unspecified atom stereocenters. The summed E-state index contributed by atoms with van der Waals surface area (Å²) >= 11 is 0. The maximum absolute atomic E-state index is 13.6. The molecular weight excluding hydrogens is 471 g/mol. The Labute approximate surface area is 216 Å². The van der Waals surface area contributed by atoms with Crippen LogP contribution >= 0.6 is 0 Å². The van der Waals surface area contributed by atoms with Crippen molar-refractivity contribution in [3.8, 4) is 23.1 Å². The molecule has 192 valence electrons. The molecule has 1 N–H and O–H groups in total. The van der Waals surface area contributed by atoms with E-state index in [1.807, 2.05) is 27.0 Å². The van der Waals surface area contributed by atoms with Gasteiger partial charge in [-0.3, -0.25) is 9.69 Å². The van der Waals surface area contributed by atoms with Gasteiger partial charge in [0.2, 0.25) is 5.88 Å². The largest absolute Gasteiger partial charge is 0.472 e. The smallest absolute Gasteiger partial charge is 0.259 e. The molecular formula is C29H31FN4O3. The van der Waals surface area contributed by atoms with Crippen molar-refractivity contribution in [1.29, 1.82) is 5.26 Å². The van der Waals surface area contributed by atoms with E-state index in [9.17, 15) is 19.6 Å². The Kier molecular flexibility index (Phi) is 8.17. The summed E-state index contributed by atoms with van der Waals surface area (Å²) in [5, 5.41) is 19.2. The number of hydrogen-bond donors (Lipinski definition) is 1. The SMILES string of the molecule is C[C@@H]1CN([C@H](C)CO)C(=O)c2cc(-c3cccc(C#N)c3)cnc2O[C@H]1CN(C)Cc1ccc(F)cc1. The number of aliphatic hydroxyl groups excluding tert-OH is 1. The third kappa shape index (κ3) is 6.13. The number of aromatic nitrogens is 1. The van der Waals surface area contributed by atoms with Crippen LogP contribution in [-0.4, -0.2) is 64.7 Å². The van der Waals surface area contributed by atoms with Gasteiger partial charge in [-0.1, -0.05) is 31.2 Å². The standard InChI is InChI=1S/C29H31FN4O3/c1-19-15-34(20(2)18-35)29(36)26-12-24(23-6-4-5-22(11-23)13-31)14-32-28(26)37-27(19)17-33(3)16-21-7-9-25(30)10-8-21/h4-12,14,19-20,27,35H,15-18H2,1-3H3/t19-,20-,27+/m1/s1. The minimum Gasteiger partial charge on any atom is -0.472 e. The Hall–Kier alpha value is -3.80. The van der Waals surface area contributed by atoms with Gasteiger partial charge in [0, 0.05) is 37.3 Å². The minimum absolute atomic E-state index is 0.0458. The van der Waals surface area contributed by atoms with Crippen LogP contribution in [0.3, 0.4) is 0 Å². The lowest BCUT2D eigenvalue weighted by Crippen LogP contribution is -2.49. The van der Waals surface area contributed by atoms with E-state index >= 15 is 0 Å². The number of nitrogens with zero attached hydrogens (tertiary/aromatic N) is 4. The second-order valence-electron chi connectivity index (χ2n) is 9.72. The summed E-state index contributed by atoms with van der Waals surface area (Å²) in [7, 11) is 1.97. The summed E-state index contributed by atoms with van der Waals surface area (Å²) in [5.74, 6) is -0.331. The van der Waals surface area contributed by atoms with Gasteiger partial charge in [0.15, 0.2) is 0 Å². The maximum Gasteiger partial charge on any atom is 0.259 e. The average Bonchev–Trinajstić information content (AvgIpc) is 2.91. The molecule has 3 aromatic rings. The first-order chi connectivity index (χ1) is 17.8. The van der Waals surface area contributed by atoms with Gasteiger partial charge in [0.25, 0.3) is 5.91 Å². The van der Waals surface area contributed by atoms with Crippen LogP contribution in [0.5, 0.6) is 5.88 Å². The van der Waals surface area contributed by atoms with Crippen LogP contribution in [-0.2, 0) is 6.54 Å². The molecule has 4 rings (SSSR count). The Balaban J connectivity index is 1.66. The fourth-order valence-electron chi connectivity index (χ4n) is 4.52. The second kappa shape index (κ2) is 11.5. The molecule has 1 aliphatic rings. The summed E-state index contributed by atoms with van der Waals surface area (Å²) < 4.78 is 19.7. The monoisotopic (exact) mass is 502 g/mol. The summed E-state index contributed by atoms with van der Waals surface area (Å²) in [4.78, 5) is 21.9. The van der Waals surface area contributed by atoms with E-state index in [1.165, 1.54) is 12.1 Å². The predicted molar refractivity (Wildman–Crippen MR) is 138 cm³/mol. The number of ether oxygens (including phenoxy) is 1. The van der Waals surface area contributed by atoms with Crippen molar-refractivity contribution in [3.63, 3.8) is 0 Å². The van der Waals surface area contributed by atoms with E-state index in [1.54, 1.807) is 47.5 Å². The molecule has 8 heteroatoms. The fraction of sp³-hybridized carbons (Fsp3) is 0.345. The van der Waals surface area contributed by atoms with Crippen LogP contribution in [0, 0.1) is 23.1 Å². The highest BCUT2D eigenvalue weighted by molar-refractivity contribution is 5.98. The summed E-state index contributed by atoms with van der Waals surface area (Å²) in [5.41, 5.74) is 3.28. The summed E-state index contributed by atoms with van der Waals surface area (Å²) in [6.07, 6.45) is 1.36. The number of benzene rings is 2. The Morgan fingerprint density at radius 1 is 1.24 bits per heavy atom. The van der Waals surface area contributed by atoms with Gasteiger partial charge in [0.1, 0.15) is 17.5 Å². The lowest BCUT2D eigenvalue weighted by atomic mass is 9.98. The molecule has 2 aromatic carbocycles. The Morgan fingerprint density at radius 2 is 2.00 bits per heavy atom. The molecule has 0 saturated carbocycles. The van der Waals surface area contributed by atoms with Crippen molar-refractivity contribution < 1.29 is 19.0 Å². The number of hydrogen-bond acceptors (Lipinski definition) is 6. The molecule has 1 amide bonds. The van der Waals surface area contributed by atoms with Crippen molar-refractivity contribution in [2.75, 3.05) is 26.7 Å². The highest BCUT2D eigenvalue weighted by Crippen LogP contribution is 2.30. The molecule has 3 atom stereocenters. The van der Waals surface area contributed by atoms with Gasteiger partial charge in [-0.05, 0) is 55.4 Å². The van der Waals surface area contributed by atoms with Crippen molar-refractivity contribution in [2.45, 2.75) is 32.5 Å². The number of carbonyl (C=O) groups is 1. The van der Waals surface area contributed by atoms with E-state index in [-0.39, 0.29) is 42.3 Å². The number of amides is 1. The fourth-order valence-corrected chi connectivity index (χ4v) is 4.52. The predicted octanol–water partition coefficient (Wildman–Crippen LogP) is 4.11. The maximum atomic E-state index is 13.6. The van der Waals surface area contributed by atoms with Gasteiger partial charge >= 0.3 is 0 Å². The normalized spacial score (nSPS) is 18.4. The molecule has 1 aromatic heterocycles. The number of nitriles is 1. The van der Waals surface area contributed by atoms with E-state index in [2.05, 4.69) is 16.0 Å². The van der Waals surface area contributed by atoms with Gasteiger partial charge in [-0.25, -0.2) is 9.37 Å². The van der Waals surface area contributed by atoms with Gasteiger partial charge in [-0.2, -0.15) is 5.26 Å². The molecule has 0 spiro atoms. The first-order valence-electron chi connectivity index (χ1n) is 12.3. The zero-order valence-electron chi connectivity index (χ0n) is 21.3. The third-order valence-corrected chi connectivity index (χ3v) is 6.70. The molecule has 0 bridgehead atoms. The van der Waals surface area contributed by atoms with E-state index in [0.717, 1.165) is 11.1 Å². The molecule has 1 aliphatic heterocycles. The van der Waals surface area contributed by atoms with Crippen LogP contribution in [0.25, 0.3) is 11.1 Å². The third-order valence-electron chi connectivity index (χ3n) is 6.70. The Bertz CT molecular complexity index is 1290. The molecule has 0 fully saturated rings. The number of rotatable bonds is 7. The van der Waals surface area contributed by atoms with Crippen molar-refractivity contribution in [2.24, 2.45) is 5.92 Å². The number of pyridine rings is 1. The Morgan fingerprint density at radius 3 is 2.70 bits per heavy atom. The molecule has 0 radical (unpaired) electrons. The van der Waals surface area contributed by atoms with Crippen molar-refractivity contribution in [1.82, 2.24) is 14.8 Å².